The average Bonchev–Trinajstić information content (AvgIpc) is 3.08. The molecule has 0 N–H and O–H groups in total. The molecule has 3 rings (SSSR count). The second-order valence-electron chi connectivity index (χ2n) is 7.13. The summed E-state index contributed by atoms with van der Waals surface area (Å²) >= 11 is 1.15. The molecule has 1 aromatic heterocycles. The maximum Gasteiger partial charge on any atom is 0.337 e. The molecule has 1 saturated heterocycles. The largest absolute Gasteiger partial charge is 0.468 e. The van der Waals surface area contributed by atoms with Crippen molar-refractivity contribution in [2.45, 2.75) is 19.4 Å². The highest BCUT2D eigenvalue weighted by Crippen LogP contribution is 2.22. The molecule has 0 saturated carbocycles. The average molecular weight is 470 g/mol. The lowest BCUT2D eigenvalue weighted by Crippen LogP contribution is -2.41. The van der Waals surface area contributed by atoms with Crippen molar-refractivity contribution in [2.75, 3.05) is 33.6 Å². The van der Waals surface area contributed by atoms with E-state index in [-0.39, 0.29) is 17.9 Å². The van der Waals surface area contributed by atoms with Gasteiger partial charge in [0, 0.05) is 13.1 Å². The number of sulfonamides is 1. The minimum absolute atomic E-state index is 0.0789. The van der Waals surface area contributed by atoms with Gasteiger partial charge < -0.3 is 14.0 Å². The van der Waals surface area contributed by atoms with Gasteiger partial charge in [0.1, 0.15) is 6.54 Å². The predicted octanol–water partition coefficient (Wildman–Crippen LogP) is 0.761. The Morgan fingerprint density at radius 3 is 2.61 bits per heavy atom. The highest BCUT2D eigenvalue weighted by Gasteiger charge is 2.30. The molecule has 2 heterocycles. The Kier molecular flexibility index (Phi) is 6.92. The number of carbonyl (C=O) groups excluding carboxylic acids is 3. The highest BCUT2D eigenvalue weighted by atomic mass is 32.2. The number of ether oxygens (including phenoxy) is 2. The van der Waals surface area contributed by atoms with Gasteiger partial charge in [0.05, 0.1) is 42.2 Å². The Morgan fingerprint density at radius 1 is 1.23 bits per heavy atom. The van der Waals surface area contributed by atoms with E-state index < -0.39 is 33.8 Å². The summed E-state index contributed by atoms with van der Waals surface area (Å²) < 4.78 is 36.6. The number of thiazole rings is 1. The minimum atomic E-state index is -3.40. The zero-order chi connectivity index (χ0) is 22.8. The van der Waals surface area contributed by atoms with Gasteiger partial charge in [-0.25, -0.2) is 17.5 Å². The predicted molar refractivity (Wildman–Crippen MR) is 113 cm³/mol. The minimum Gasteiger partial charge on any atom is -0.468 e. The molecule has 12 heteroatoms. The van der Waals surface area contributed by atoms with Crippen molar-refractivity contribution in [3.8, 4) is 0 Å². The number of methoxy groups -OCH3 is 2. The number of carbonyl (C=O) groups is 3. The summed E-state index contributed by atoms with van der Waals surface area (Å²) in [5.74, 6) is -2.04. The summed E-state index contributed by atoms with van der Waals surface area (Å²) in [6.07, 6.45) is 2.21. The molecule has 0 radical (unpaired) electrons. The molecule has 0 aliphatic carbocycles. The van der Waals surface area contributed by atoms with Crippen LogP contribution in [0.25, 0.3) is 10.2 Å². The molecule has 2 aromatic rings. The standard InChI is InChI=1S/C19H23N3O7S2/c1-28-16(23)11-22-14-7-6-12(18(25)29-2)9-15(14)30-19(22)20-17(24)13-5-4-8-21(10-13)31(3,26)27/h6-7,9,13H,4-5,8,10-11H2,1-3H3. The first kappa shape index (κ1) is 23.1. The monoisotopic (exact) mass is 469 g/mol. The van der Waals surface area contributed by atoms with Crippen molar-refractivity contribution in [2.24, 2.45) is 10.9 Å². The van der Waals surface area contributed by atoms with Crippen LogP contribution in [0.5, 0.6) is 0 Å². The zero-order valence-electron chi connectivity index (χ0n) is 17.4. The molecule has 1 amide bonds. The molecule has 1 fully saturated rings. The van der Waals surface area contributed by atoms with Gasteiger partial charge in [0.25, 0.3) is 5.91 Å². The second kappa shape index (κ2) is 9.28. The van der Waals surface area contributed by atoms with Gasteiger partial charge in [-0.05, 0) is 31.0 Å². The van der Waals surface area contributed by atoms with E-state index >= 15 is 0 Å². The zero-order valence-corrected chi connectivity index (χ0v) is 19.0. The molecule has 1 atom stereocenters. The van der Waals surface area contributed by atoms with Gasteiger partial charge in [-0.3, -0.25) is 9.59 Å². The fourth-order valence-electron chi connectivity index (χ4n) is 3.38. The number of benzene rings is 1. The van der Waals surface area contributed by atoms with E-state index in [2.05, 4.69) is 4.99 Å². The van der Waals surface area contributed by atoms with Crippen LogP contribution in [0.2, 0.25) is 0 Å². The highest BCUT2D eigenvalue weighted by molar-refractivity contribution is 7.88. The molecular weight excluding hydrogens is 446 g/mol. The van der Waals surface area contributed by atoms with Crippen LogP contribution >= 0.6 is 11.3 Å². The molecule has 1 aliphatic rings. The molecule has 0 spiro atoms. The second-order valence-corrected chi connectivity index (χ2v) is 10.1. The Morgan fingerprint density at radius 2 is 1.97 bits per heavy atom. The van der Waals surface area contributed by atoms with E-state index in [4.69, 9.17) is 9.47 Å². The van der Waals surface area contributed by atoms with Crippen molar-refractivity contribution < 1.29 is 32.3 Å². The van der Waals surface area contributed by atoms with Crippen molar-refractivity contribution in [3.05, 3.63) is 28.6 Å². The van der Waals surface area contributed by atoms with Crippen LogP contribution in [0.4, 0.5) is 0 Å². The summed E-state index contributed by atoms with van der Waals surface area (Å²) in [7, 11) is -0.857. The van der Waals surface area contributed by atoms with Crippen LogP contribution in [-0.4, -0.2) is 68.7 Å². The molecule has 10 nitrogen and oxygen atoms in total. The molecule has 1 aliphatic heterocycles. The molecular formula is C19H23N3O7S2. The van der Waals surface area contributed by atoms with Crippen LogP contribution < -0.4 is 4.80 Å². The summed E-state index contributed by atoms with van der Waals surface area (Å²) in [5.41, 5.74) is 0.937. The van der Waals surface area contributed by atoms with Crippen molar-refractivity contribution in [3.63, 3.8) is 0 Å². The number of piperidine rings is 1. The topological polar surface area (TPSA) is 124 Å². The normalized spacial score (nSPS) is 18.2. The molecule has 0 bridgehead atoms. The van der Waals surface area contributed by atoms with E-state index in [9.17, 15) is 22.8 Å². The summed E-state index contributed by atoms with van der Waals surface area (Å²) in [6.45, 7) is 0.292. The SMILES string of the molecule is COC(=O)Cn1c(=NC(=O)C2CCCN(S(C)(=O)=O)C2)sc2cc(C(=O)OC)ccc21. The third-order valence-electron chi connectivity index (χ3n) is 5.03. The number of rotatable bonds is 5. The van der Waals surface area contributed by atoms with Crippen LogP contribution in [0, 0.1) is 5.92 Å². The molecule has 1 unspecified atom stereocenters. The lowest BCUT2D eigenvalue weighted by molar-refractivity contribution is -0.141. The number of nitrogens with zero attached hydrogens (tertiary/aromatic N) is 3. The Balaban J connectivity index is 2.03. The first-order valence-corrected chi connectivity index (χ1v) is 12.1. The number of fused-ring (bicyclic) bond motifs is 1. The summed E-state index contributed by atoms with van der Waals surface area (Å²) in [4.78, 5) is 41.1. The van der Waals surface area contributed by atoms with E-state index in [1.165, 1.54) is 18.5 Å². The smallest absolute Gasteiger partial charge is 0.337 e. The van der Waals surface area contributed by atoms with Gasteiger partial charge in [0.2, 0.25) is 10.0 Å². The number of esters is 2. The first-order chi connectivity index (χ1) is 14.6. The van der Waals surface area contributed by atoms with Crippen LogP contribution in [-0.2, 0) is 35.6 Å². The Bertz CT molecular complexity index is 1200. The fourth-order valence-corrected chi connectivity index (χ4v) is 5.37. The van der Waals surface area contributed by atoms with E-state index in [1.807, 2.05) is 0 Å². The maximum atomic E-state index is 12.9. The van der Waals surface area contributed by atoms with Gasteiger partial charge in [-0.2, -0.15) is 4.99 Å². The fraction of sp³-hybridized carbons (Fsp3) is 0.474. The first-order valence-electron chi connectivity index (χ1n) is 9.46. The molecule has 168 valence electrons. The third-order valence-corrected chi connectivity index (χ3v) is 7.34. The van der Waals surface area contributed by atoms with Gasteiger partial charge >= 0.3 is 11.9 Å². The number of hydrogen-bond acceptors (Lipinski definition) is 8. The lowest BCUT2D eigenvalue weighted by atomic mass is 9.99. The van der Waals surface area contributed by atoms with E-state index in [0.29, 0.717) is 35.2 Å². The maximum absolute atomic E-state index is 12.9. The van der Waals surface area contributed by atoms with Crippen molar-refractivity contribution in [1.29, 1.82) is 0 Å². The van der Waals surface area contributed by atoms with Crippen molar-refractivity contribution in [1.82, 2.24) is 8.87 Å². The number of amides is 1. The molecule has 31 heavy (non-hydrogen) atoms. The Labute approximate surface area is 183 Å². The quantitative estimate of drug-likeness (QED) is 0.592. The third kappa shape index (κ3) is 5.20. The van der Waals surface area contributed by atoms with Crippen LogP contribution in [0.1, 0.15) is 23.2 Å². The summed E-state index contributed by atoms with van der Waals surface area (Å²) in [6, 6.07) is 4.82. The van der Waals surface area contributed by atoms with E-state index in [0.717, 1.165) is 17.6 Å². The van der Waals surface area contributed by atoms with Gasteiger partial charge in [-0.15, -0.1) is 0 Å². The van der Waals surface area contributed by atoms with Crippen LogP contribution in [0.15, 0.2) is 23.2 Å². The van der Waals surface area contributed by atoms with E-state index in [1.54, 1.807) is 22.8 Å². The van der Waals surface area contributed by atoms with Crippen LogP contribution in [0.3, 0.4) is 0 Å². The molecule has 1 aromatic carbocycles. The van der Waals surface area contributed by atoms with Crippen molar-refractivity contribution >= 4 is 49.4 Å². The van der Waals surface area contributed by atoms with Gasteiger partial charge in [-0.1, -0.05) is 11.3 Å². The number of aromatic nitrogens is 1. The lowest BCUT2D eigenvalue weighted by Gasteiger charge is -2.28. The van der Waals surface area contributed by atoms with Gasteiger partial charge in [0.15, 0.2) is 4.80 Å². The number of hydrogen-bond donors (Lipinski definition) is 0. The Hall–Kier alpha value is -2.57. The summed E-state index contributed by atoms with van der Waals surface area (Å²) in [5, 5.41) is 0.